The van der Waals surface area contributed by atoms with Crippen LogP contribution in [0.4, 0.5) is 4.39 Å². The quantitative estimate of drug-likeness (QED) is 0.844. The smallest absolute Gasteiger partial charge is 0.255 e. The molecule has 0 spiro atoms. The maximum Gasteiger partial charge on any atom is 0.255 e. The Morgan fingerprint density at radius 2 is 2.17 bits per heavy atom. The van der Waals surface area contributed by atoms with Gasteiger partial charge in [0.15, 0.2) is 11.6 Å². The standard InChI is InChI=1S/C19H21FN2O2/c1-14-6-7-16(12-21-14)19(23)22-10-8-15(13-22)9-11-24-18-5-3-2-4-17(18)20/h2-7,12,15H,8-11,13H2,1H3. The lowest BCUT2D eigenvalue weighted by Gasteiger charge is -2.16. The van der Waals surface area contributed by atoms with Crippen LogP contribution < -0.4 is 4.74 Å². The van der Waals surface area contributed by atoms with Crippen molar-refractivity contribution in [2.45, 2.75) is 19.8 Å². The van der Waals surface area contributed by atoms with Gasteiger partial charge in [-0.3, -0.25) is 9.78 Å². The molecule has 4 nitrogen and oxygen atoms in total. The van der Waals surface area contributed by atoms with Gasteiger partial charge >= 0.3 is 0 Å². The normalized spacial score (nSPS) is 17.1. The number of halogens is 1. The number of nitrogens with zero attached hydrogens (tertiary/aromatic N) is 2. The lowest BCUT2D eigenvalue weighted by atomic mass is 10.1. The van der Waals surface area contributed by atoms with Crippen molar-refractivity contribution in [2.24, 2.45) is 5.92 Å². The molecular formula is C19H21FN2O2. The molecule has 1 fully saturated rings. The molecule has 0 aliphatic carbocycles. The zero-order valence-corrected chi connectivity index (χ0v) is 13.7. The Labute approximate surface area is 141 Å². The minimum absolute atomic E-state index is 0.0278. The number of carbonyl (C=O) groups is 1. The highest BCUT2D eigenvalue weighted by atomic mass is 19.1. The number of ether oxygens (including phenoxy) is 1. The Morgan fingerprint density at radius 1 is 1.33 bits per heavy atom. The number of hydrogen-bond donors (Lipinski definition) is 0. The number of aromatic nitrogens is 1. The fourth-order valence-electron chi connectivity index (χ4n) is 2.93. The van der Waals surface area contributed by atoms with Crippen molar-refractivity contribution in [3.63, 3.8) is 0 Å². The molecule has 1 saturated heterocycles. The molecule has 3 rings (SSSR count). The Morgan fingerprint density at radius 3 is 2.92 bits per heavy atom. The summed E-state index contributed by atoms with van der Waals surface area (Å²) in [7, 11) is 0. The summed E-state index contributed by atoms with van der Waals surface area (Å²) in [6.45, 7) is 3.82. The monoisotopic (exact) mass is 328 g/mol. The first-order valence-electron chi connectivity index (χ1n) is 8.23. The van der Waals surface area contributed by atoms with Crippen molar-refractivity contribution >= 4 is 5.91 Å². The van der Waals surface area contributed by atoms with Crippen LogP contribution in [0.2, 0.25) is 0 Å². The zero-order valence-electron chi connectivity index (χ0n) is 13.7. The summed E-state index contributed by atoms with van der Waals surface area (Å²) >= 11 is 0. The first-order valence-corrected chi connectivity index (χ1v) is 8.23. The van der Waals surface area contributed by atoms with Gasteiger partial charge in [-0.15, -0.1) is 0 Å². The molecule has 2 heterocycles. The van der Waals surface area contributed by atoms with Gasteiger partial charge in [-0.1, -0.05) is 12.1 Å². The Kier molecular flexibility index (Phi) is 5.08. The fraction of sp³-hybridized carbons (Fsp3) is 0.368. The molecule has 1 aliphatic heterocycles. The third-order valence-electron chi connectivity index (χ3n) is 4.35. The number of hydrogen-bond acceptors (Lipinski definition) is 3. The molecule has 2 aromatic rings. The van der Waals surface area contributed by atoms with E-state index in [0.717, 1.165) is 25.1 Å². The van der Waals surface area contributed by atoms with Gasteiger partial charge in [0.2, 0.25) is 0 Å². The molecule has 1 aliphatic rings. The van der Waals surface area contributed by atoms with Crippen LogP contribution in [-0.4, -0.2) is 35.5 Å². The molecule has 5 heteroatoms. The zero-order chi connectivity index (χ0) is 16.9. The molecule has 0 radical (unpaired) electrons. The topological polar surface area (TPSA) is 42.4 Å². The molecule has 0 saturated carbocycles. The summed E-state index contributed by atoms with van der Waals surface area (Å²) in [6.07, 6.45) is 3.39. The average Bonchev–Trinajstić information content (AvgIpc) is 3.05. The Hall–Kier alpha value is -2.43. The van der Waals surface area contributed by atoms with Crippen molar-refractivity contribution in [3.8, 4) is 5.75 Å². The molecule has 1 unspecified atom stereocenters. The van der Waals surface area contributed by atoms with E-state index in [-0.39, 0.29) is 17.5 Å². The van der Waals surface area contributed by atoms with Crippen LogP contribution >= 0.6 is 0 Å². The largest absolute Gasteiger partial charge is 0.491 e. The van der Waals surface area contributed by atoms with E-state index in [9.17, 15) is 9.18 Å². The van der Waals surface area contributed by atoms with Crippen molar-refractivity contribution < 1.29 is 13.9 Å². The first-order chi connectivity index (χ1) is 11.6. The van der Waals surface area contributed by atoms with Gasteiger partial charge in [-0.2, -0.15) is 0 Å². The molecule has 0 N–H and O–H groups in total. The van der Waals surface area contributed by atoms with E-state index in [1.54, 1.807) is 24.4 Å². The molecule has 1 aromatic heterocycles. The third kappa shape index (κ3) is 3.91. The number of aryl methyl sites for hydroxylation is 1. The van der Waals surface area contributed by atoms with E-state index < -0.39 is 0 Å². The Bertz CT molecular complexity index is 703. The lowest BCUT2D eigenvalue weighted by molar-refractivity contribution is 0.0785. The van der Waals surface area contributed by atoms with Crippen molar-refractivity contribution in [1.29, 1.82) is 0 Å². The summed E-state index contributed by atoms with van der Waals surface area (Å²) in [4.78, 5) is 18.5. The van der Waals surface area contributed by atoms with E-state index in [1.807, 2.05) is 24.0 Å². The highest BCUT2D eigenvalue weighted by Crippen LogP contribution is 2.22. The lowest BCUT2D eigenvalue weighted by Crippen LogP contribution is -2.29. The van der Waals surface area contributed by atoms with Gasteiger partial charge in [-0.25, -0.2) is 4.39 Å². The molecule has 1 atom stereocenters. The van der Waals surface area contributed by atoms with E-state index in [4.69, 9.17) is 4.74 Å². The van der Waals surface area contributed by atoms with Crippen LogP contribution in [0.25, 0.3) is 0 Å². The molecule has 0 bridgehead atoms. The summed E-state index contributed by atoms with van der Waals surface area (Å²) in [5.74, 6) is 0.362. The predicted molar refractivity (Wildman–Crippen MR) is 89.5 cm³/mol. The van der Waals surface area contributed by atoms with Crippen LogP contribution in [0.5, 0.6) is 5.75 Å². The number of rotatable bonds is 5. The van der Waals surface area contributed by atoms with Gasteiger partial charge in [-0.05, 0) is 49.9 Å². The Balaban J connectivity index is 1.48. The van der Waals surface area contributed by atoms with E-state index in [2.05, 4.69) is 4.98 Å². The molecular weight excluding hydrogens is 307 g/mol. The highest BCUT2D eigenvalue weighted by Gasteiger charge is 2.27. The summed E-state index contributed by atoms with van der Waals surface area (Å²) in [5, 5.41) is 0. The van der Waals surface area contributed by atoms with E-state index >= 15 is 0 Å². The SMILES string of the molecule is Cc1ccc(C(=O)N2CCC(CCOc3ccccc3F)C2)cn1. The van der Waals surface area contributed by atoms with Crippen LogP contribution in [0.3, 0.4) is 0 Å². The van der Waals surface area contributed by atoms with Crippen molar-refractivity contribution in [2.75, 3.05) is 19.7 Å². The summed E-state index contributed by atoms with van der Waals surface area (Å²) < 4.78 is 19.0. The van der Waals surface area contributed by atoms with E-state index in [1.165, 1.54) is 6.07 Å². The van der Waals surface area contributed by atoms with Gasteiger partial charge in [0.25, 0.3) is 5.91 Å². The minimum Gasteiger partial charge on any atom is -0.491 e. The van der Waals surface area contributed by atoms with Crippen molar-refractivity contribution in [1.82, 2.24) is 9.88 Å². The number of amides is 1. The second kappa shape index (κ2) is 7.43. The summed E-state index contributed by atoms with van der Waals surface area (Å²) in [5.41, 5.74) is 1.53. The third-order valence-corrected chi connectivity index (χ3v) is 4.35. The number of benzene rings is 1. The van der Waals surface area contributed by atoms with Crippen LogP contribution in [-0.2, 0) is 0 Å². The molecule has 1 amide bonds. The van der Waals surface area contributed by atoms with Gasteiger partial charge < -0.3 is 9.64 Å². The van der Waals surface area contributed by atoms with Gasteiger partial charge in [0, 0.05) is 25.0 Å². The minimum atomic E-state index is -0.340. The van der Waals surface area contributed by atoms with Crippen LogP contribution in [0.15, 0.2) is 42.6 Å². The van der Waals surface area contributed by atoms with Gasteiger partial charge in [0.05, 0.1) is 12.2 Å². The number of pyridine rings is 1. The maximum absolute atomic E-state index is 13.5. The van der Waals surface area contributed by atoms with Crippen molar-refractivity contribution in [3.05, 3.63) is 59.7 Å². The fourth-order valence-corrected chi connectivity index (χ4v) is 2.93. The van der Waals surface area contributed by atoms with Crippen LogP contribution in [0.1, 0.15) is 28.9 Å². The maximum atomic E-state index is 13.5. The first kappa shape index (κ1) is 16.4. The predicted octanol–water partition coefficient (Wildman–Crippen LogP) is 3.46. The highest BCUT2D eigenvalue weighted by molar-refractivity contribution is 5.94. The number of likely N-dealkylation sites (tertiary alicyclic amines) is 1. The second-order valence-corrected chi connectivity index (χ2v) is 6.16. The van der Waals surface area contributed by atoms with Crippen LogP contribution in [0, 0.1) is 18.7 Å². The number of carbonyl (C=O) groups excluding carboxylic acids is 1. The second-order valence-electron chi connectivity index (χ2n) is 6.16. The summed E-state index contributed by atoms with van der Waals surface area (Å²) in [6, 6.07) is 10.1. The van der Waals surface area contributed by atoms with Gasteiger partial charge in [0.1, 0.15) is 0 Å². The molecule has 24 heavy (non-hydrogen) atoms. The van der Waals surface area contributed by atoms with E-state index in [0.29, 0.717) is 24.6 Å². The molecule has 126 valence electrons. The molecule has 1 aromatic carbocycles. The average molecular weight is 328 g/mol. The number of para-hydroxylation sites is 1.